The lowest BCUT2D eigenvalue weighted by Crippen LogP contribution is -2.24. The van der Waals surface area contributed by atoms with E-state index in [-0.39, 0.29) is 5.78 Å². The van der Waals surface area contributed by atoms with Crippen molar-refractivity contribution in [3.63, 3.8) is 0 Å². The number of tetrazole rings is 1. The molecule has 1 aromatic heterocycles. The van der Waals surface area contributed by atoms with Gasteiger partial charge in [0.1, 0.15) is 6.33 Å². The fraction of sp³-hybridized carbons (Fsp3) is 0.167. The monoisotopic (exact) mass is 336 g/mol. The van der Waals surface area contributed by atoms with E-state index in [2.05, 4.69) is 15.5 Å². The summed E-state index contributed by atoms with van der Waals surface area (Å²) in [7, 11) is 0. The number of hydrogen-bond donors (Lipinski definition) is 0. The molecule has 3 aromatic rings. The molecule has 25 heavy (non-hydrogen) atoms. The zero-order chi connectivity index (χ0) is 17.8. The van der Waals surface area contributed by atoms with Crippen LogP contribution in [0, 0.1) is 6.92 Å². The molecule has 0 saturated carbocycles. The maximum absolute atomic E-state index is 12.4. The summed E-state index contributed by atoms with van der Waals surface area (Å²) in [5.74, 6) is -0.826. The van der Waals surface area contributed by atoms with Gasteiger partial charge >= 0.3 is 5.97 Å². The Morgan fingerprint density at radius 2 is 1.84 bits per heavy atom. The van der Waals surface area contributed by atoms with Crippen LogP contribution in [0.4, 0.5) is 0 Å². The number of carbonyl (C=O) groups is 2. The van der Waals surface area contributed by atoms with Gasteiger partial charge in [0.05, 0.1) is 11.3 Å². The first kappa shape index (κ1) is 16.5. The Bertz CT molecular complexity index is 889. The number of aromatic nitrogens is 4. The number of ether oxygens (including phenoxy) is 1. The van der Waals surface area contributed by atoms with E-state index in [1.54, 1.807) is 43.3 Å². The number of hydrogen-bond acceptors (Lipinski definition) is 6. The SMILES string of the molecule is Cc1ccc(C(=O)C(C)OC(=O)c2cccc(-n3cnnn3)c2)cc1. The molecule has 0 saturated heterocycles. The summed E-state index contributed by atoms with van der Waals surface area (Å²) < 4.78 is 6.73. The van der Waals surface area contributed by atoms with Gasteiger partial charge in [0.25, 0.3) is 0 Å². The van der Waals surface area contributed by atoms with E-state index in [0.717, 1.165) is 5.56 Å². The zero-order valence-electron chi connectivity index (χ0n) is 13.8. The Balaban J connectivity index is 1.72. The van der Waals surface area contributed by atoms with Gasteiger partial charge in [-0.15, -0.1) is 5.10 Å². The number of ketones is 1. The average Bonchev–Trinajstić information content (AvgIpc) is 3.16. The molecule has 0 aliphatic heterocycles. The third-order valence-electron chi connectivity index (χ3n) is 3.68. The molecule has 2 aromatic carbocycles. The van der Waals surface area contributed by atoms with Gasteiger partial charge in [0.2, 0.25) is 5.78 Å². The Morgan fingerprint density at radius 1 is 1.08 bits per heavy atom. The number of aryl methyl sites for hydroxylation is 1. The van der Waals surface area contributed by atoms with Gasteiger partial charge in [0, 0.05) is 5.56 Å². The summed E-state index contributed by atoms with van der Waals surface area (Å²) in [6.07, 6.45) is 0.542. The Morgan fingerprint density at radius 3 is 2.52 bits per heavy atom. The number of esters is 1. The first-order valence-electron chi connectivity index (χ1n) is 7.70. The van der Waals surface area contributed by atoms with Crippen LogP contribution in [0.3, 0.4) is 0 Å². The molecule has 0 amide bonds. The van der Waals surface area contributed by atoms with Crippen LogP contribution in [0.2, 0.25) is 0 Å². The van der Waals surface area contributed by atoms with E-state index in [1.165, 1.54) is 11.0 Å². The first-order valence-corrected chi connectivity index (χ1v) is 7.70. The van der Waals surface area contributed by atoms with Gasteiger partial charge in [0.15, 0.2) is 6.10 Å². The standard InChI is InChI=1S/C18H16N4O3/c1-12-6-8-14(9-7-12)17(23)13(2)25-18(24)15-4-3-5-16(10-15)22-11-19-20-21-22/h3-11,13H,1-2H3. The molecule has 0 bridgehead atoms. The smallest absolute Gasteiger partial charge is 0.338 e. The normalized spacial score (nSPS) is 11.8. The topological polar surface area (TPSA) is 87.0 Å². The summed E-state index contributed by atoms with van der Waals surface area (Å²) >= 11 is 0. The van der Waals surface area contributed by atoms with Gasteiger partial charge in [-0.3, -0.25) is 4.79 Å². The molecule has 1 unspecified atom stereocenters. The number of Topliss-reactive ketones (excluding diaryl/α,β-unsaturated/α-hetero) is 1. The third kappa shape index (κ3) is 3.77. The van der Waals surface area contributed by atoms with Gasteiger partial charge in [-0.05, 0) is 42.5 Å². The molecule has 126 valence electrons. The molecule has 0 radical (unpaired) electrons. The summed E-state index contributed by atoms with van der Waals surface area (Å²) in [5.41, 5.74) is 2.50. The quantitative estimate of drug-likeness (QED) is 0.525. The minimum Gasteiger partial charge on any atom is -0.451 e. The summed E-state index contributed by atoms with van der Waals surface area (Å²) in [4.78, 5) is 24.7. The second kappa shape index (κ2) is 7.04. The van der Waals surface area contributed by atoms with E-state index in [4.69, 9.17) is 4.74 Å². The molecule has 7 heteroatoms. The highest BCUT2D eigenvalue weighted by atomic mass is 16.5. The third-order valence-corrected chi connectivity index (χ3v) is 3.68. The van der Waals surface area contributed by atoms with Crippen molar-refractivity contribution in [1.82, 2.24) is 20.2 Å². The van der Waals surface area contributed by atoms with E-state index in [1.807, 2.05) is 19.1 Å². The van der Waals surface area contributed by atoms with Crippen LogP contribution in [-0.4, -0.2) is 38.1 Å². The minimum absolute atomic E-state index is 0.245. The Kier molecular flexibility index (Phi) is 4.65. The van der Waals surface area contributed by atoms with Crippen LogP contribution in [0.5, 0.6) is 0 Å². The molecule has 0 aliphatic carbocycles. The molecule has 0 fully saturated rings. The molecule has 1 atom stereocenters. The lowest BCUT2D eigenvalue weighted by Gasteiger charge is -2.13. The van der Waals surface area contributed by atoms with Crippen LogP contribution in [-0.2, 0) is 4.74 Å². The molecular formula is C18H16N4O3. The van der Waals surface area contributed by atoms with Crippen LogP contribution >= 0.6 is 0 Å². The van der Waals surface area contributed by atoms with Crippen molar-refractivity contribution in [2.75, 3.05) is 0 Å². The van der Waals surface area contributed by atoms with Crippen molar-refractivity contribution in [1.29, 1.82) is 0 Å². The van der Waals surface area contributed by atoms with Crippen LogP contribution < -0.4 is 0 Å². The van der Waals surface area contributed by atoms with E-state index >= 15 is 0 Å². The first-order chi connectivity index (χ1) is 12.0. The minimum atomic E-state index is -0.883. The molecule has 0 spiro atoms. The van der Waals surface area contributed by atoms with Crippen molar-refractivity contribution < 1.29 is 14.3 Å². The van der Waals surface area contributed by atoms with E-state index < -0.39 is 12.1 Å². The molecule has 3 rings (SSSR count). The number of carbonyl (C=O) groups excluding carboxylic acids is 2. The zero-order valence-corrected chi connectivity index (χ0v) is 13.8. The fourth-order valence-electron chi connectivity index (χ4n) is 2.29. The Hall–Kier alpha value is -3.35. The highest BCUT2D eigenvalue weighted by Gasteiger charge is 2.20. The highest BCUT2D eigenvalue weighted by Crippen LogP contribution is 2.13. The van der Waals surface area contributed by atoms with Gasteiger partial charge in [-0.1, -0.05) is 35.9 Å². The highest BCUT2D eigenvalue weighted by molar-refractivity contribution is 6.01. The molecule has 0 aliphatic rings. The lowest BCUT2D eigenvalue weighted by atomic mass is 10.1. The molecule has 0 N–H and O–H groups in total. The second-order valence-electron chi connectivity index (χ2n) is 5.58. The van der Waals surface area contributed by atoms with Crippen molar-refractivity contribution in [2.45, 2.75) is 20.0 Å². The van der Waals surface area contributed by atoms with Gasteiger partial charge in [-0.25, -0.2) is 9.48 Å². The summed E-state index contributed by atoms with van der Waals surface area (Å²) in [6.45, 7) is 3.50. The average molecular weight is 336 g/mol. The maximum atomic E-state index is 12.4. The lowest BCUT2D eigenvalue weighted by molar-refractivity contribution is 0.0319. The van der Waals surface area contributed by atoms with Crippen molar-refractivity contribution >= 4 is 11.8 Å². The predicted molar refractivity (Wildman–Crippen MR) is 89.5 cm³/mol. The predicted octanol–water partition coefficient (Wildman–Crippen LogP) is 2.40. The number of benzene rings is 2. The van der Waals surface area contributed by atoms with Crippen molar-refractivity contribution in [3.05, 3.63) is 71.5 Å². The number of rotatable bonds is 5. The largest absolute Gasteiger partial charge is 0.451 e. The molecular weight excluding hydrogens is 320 g/mol. The maximum Gasteiger partial charge on any atom is 0.338 e. The van der Waals surface area contributed by atoms with Gasteiger partial charge in [-0.2, -0.15) is 0 Å². The molecule has 1 heterocycles. The summed E-state index contributed by atoms with van der Waals surface area (Å²) in [6, 6.07) is 13.8. The second-order valence-corrected chi connectivity index (χ2v) is 5.58. The van der Waals surface area contributed by atoms with Gasteiger partial charge < -0.3 is 4.74 Å². The van der Waals surface area contributed by atoms with E-state index in [0.29, 0.717) is 16.8 Å². The van der Waals surface area contributed by atoms with Crippen LogP contribution in [0.15, 0.2) is 54.9 Å². The fourth-order valence-corrected chi connectivity index (χ4v) is 2.29. The molecule has 7 nitrogen and oxygen atoms in total. The van der Waals surface area contributed by atoms with Crippen molar-refractivity contribution in [3.8, 4) is 5.69 Å². The number of nitrogens with zero attached hydrogens (tertiary/aromatic N) is 4. The van der Waals surface area contributed by atoms with E-state index in [9.17, 15) is 9.59 Å². The Labute approximate surface area is 144 Å². The van der Waals surface area contributed by atoms with Crippen molar-refractivity contribution in [2.24, 2.45) is 0 Å². The van der Waals surface area contributed by atoms with Crippen LogP contribution in [0.25, 0.3) is 5.69 Å². The summed E-state index contributed by atoms with van der Waals surface area (Å²) in [5, 5.41) is 10.9. The van der Waals surface area contributed by atoms with Crippen LogP contribution in [0.1, 0.15) is 33.2 Å².